The molecule has 0 fully saturated rings. The molecule has 0 aliphatic carbocycles. The van der Waals surface area contributed by atoms with Crippen molar-refractivity contribution in [2.45, 2.75) is 25.8 Å². The molecule has 0 aromatic heterocycles. The van der Waals surface area contributed by atoms with Gasteiger partial charge in [0.25, 0.3) is 0 Å². The molecule has 0 amide bonds. The van der Waals surface area contributed by atoms with Crippen LogP contribution in [0.15, 0.2) is 109 Å². The normalized spacial score (nSPS) is 14.1. The average molecular weight is 551 g/mol. The number of anilines is 1. The topological polar surface area (TPSA) is 81.1 Å². The highest BCUT2D eigenvalue weighted by Crippen LogP contribution is 2.30. The molecule has 1 heterocycles. The Morgan fingerprint density at radius 2 is 1.34 bits per heavy atom. The molecule has 212 valence electrons. The van der Waals surface area contributed by atoms with Crippen molar-refractivity contribution in [3.63, 3.8) is 0 Å². The van der Waals surface area contributed by atoms with E-state index in [0.717, 1.165) is 32.6 Å². The summed E-state index contributed by atoms with van der Waals surface area (Å²) in [6.07, 6.45) is 3.46. The Hall–Kier alpha value is -4.42. The van der Waals surface area contributed by atoms with Crippen molar-refractivity contribution < 1.29 is 19.8 Å². The van der Waals surface area contributed by atoms with E-state index in [9.17, 15) is 0 Å². The lowest BCUT2D eigenvalue weighted by molar-refractivity contribution is -0.159. The van der Waals surface area contributed by atoms with Gasteiger partial charge in [-0.3, -0.25) is 0 Å². The highest BCUT2D eigenvalue weighted by atomic mass is 16.4. The fourth-order valence-corrected chi connectivity index (χ4v) is 5.48. The number of carboxylic acids is 2. The van der Waals surface area contributed by atoms with Crippen molar-refractivity contribution >= 4 is 17.6 Å². The van der Waals surface area contributed by atoms with Crippen molar-refractivity contribution in [1.82, 2.24) is 4.90 Å². The van der Waals surface area contributed by atoms with Crippen LogP contribution >= 0.6 is 0 Å². The number of nitrogens with zero attached hydrogens (tertiary/aromatic N) is 2. The van der Waals surface area contributed by atoms with Crippen LogP contribution in [0.2, 0.25) is 0 Å². The van der Waals surface area contributed by atoms with E-state index >= 15 is 0 Å². The molecule has 6 nitrogen and oxygen atoms in total. The molecule has 0 radical (unpaired) electrons. The largest absolute Gasteiger partial charge is 0.473 e. The van der Waals surface area contributed by atoms with Gasteiger partial charge in [-0.25, -0.2) is 9.59 Å². The number of carbonyl (C=O) groups is 2. The van der Waals surface area contributed by atoms with Crippen molar-refractivity contribution in [1.29, 1.82) is 0 Å². The van der Waals surface area contributed by atoms with Crippen molar-refractivity contribution in [2.75, 3.05) is 31.6 Å². The highest BCUT2D eigenvalue weighted by molar-refractivity contribution is 6.27. The molecule has 1 aliphatic heterocycles. The van der Waals surface area contributed by atoms with Crippen molar-refractivity contribution in [2.24, 2.45) is 5.92 Å². The molecular weight excluding hydrogens is 512 g/mol. The summed E-state index contributed by atoms with van der Waals surface area (Å²) in [5.41, 5.74) is 8.34. The van der Waals surface area contributed by atoms with Gasteiger partial charge in [-0.2, -0.15) is 0 Å². The van der Waals surface area contributed by atoms with Crippen LogP contribution in [0.5, 0.6) is 0 Å². The third kappa shape index (κ3) is 9.05. The Morgan fingerprint density at radius 1 is 0.756 bits per heavy atom. The third-order valence-electron chi connectivity index (χ3n) is 7.32. The molecule has 4 aromatic rings. The maximum Gasteiger partial charge on any atom is 0.414 e. The van der Waals surface area contributed by atoms with E-state index in [4.69, 9.17) is 19.8 Å². The summed E-state index contributed by atoms with van der Waals surface area (Å²) in [4.78, 5) is 23.3. The fraction of sp³-hybridized carbons (Fsp3) is 0.257. The van der Waals surface area contributed by atoms with Gasteiger partial charge in [-0.15, -0.1) is 0 Å². The lowest BCUT2D eigenvalue weighted by atomic mass is 9.91. The second-order valence-electron chi connectivity index (χ2n) is 10.6. The zero-order chi connectivity index (χ0) is 29.0. The number of carboxylic acid groups (broad SMARTS) is 2. The third-order valence-corrected chi connectivity index (χ3v) is 7.32. The van der Waals surface area contributed by atoms with E-state index in [-0.39, 0.29) is 0 Å². The van der Waals surface area contributed by atoms with Crippen molar-refractivity contribution in [3.05, 3.63) is 126 Å². The smallest absolute Gasteiger partial charge is 0.414 e. The minimum absolute atomic E-state index is 0.656. The zero-order valence-electron chi connectivity index (χ0n) is 23.5. The summed E-state index contributed by atoms with van der Waals surface area (Å²) < 4.78 is 0. The summed E-state index contributed by atoms with van der Waals surface area (Å²) in [7, 11) is 2.26. The molecule has 1 aliphatic rings. The molecule has 2 N–H and O–H groups in total. The Bertz CT molecular complexity index is 1380. The number of hydrogen-bond donors (Lipinski definition) is 2. The molecule has 5 rings (SSSR count). The van der Waals surface area contributed by atoms with Gasteiger partial charge in [0, 0.05) is 31.9 Å². The Balaban J connectivity index is 0.000000585. The van der Waals surface area contributed by atoms with Gasteiger partial charge in [-0.05, 0) is 66.1 Å². The standard InChI is InChI=1S/C33H36N2.C2H2O4/c1-34(24-28-11-4-2-5-12-28)25-29-23-32-16-8-9-17-33(32)35(26-29)22-10-13-27-18-20-31(21-19-27)30-14-6-3-7-15-30;3-1(4)2(5)6/h2-9,11-12,14-21,29H,10,13,22-26H2,1H3;(H,3,4)(H,5,6). The zero-order valence-corrected chi connectivity index (χ0v) is 23.5. The first-order valence-electron chi connectivity index (χ1n) is 14.0. The number of aliphatic carboxylic acids is 2. The number of rotatable bonds is 9. The molecule has 1 unspecified atom stereocenters. The maximum absolute atomic E-state index is 9.10. The molecule has 0 saturated carbocycles. The molecular formula is C35H38N2O4. The number of fused-ring (bicyclic) bond motifs is 1. The summed E-state index contributed by atoms with van der Waals surface area (Å²) in [5.74, 6) is -2.99. The highest BCUT2D eigenvalue weighted by Gasteiger charge is 2.24. The summed E-state index contributed by atoms with van der Waals surface area (Å²) in [6, 6.07) is 39.6. The first kappa shape index (κ1) is 29.6. The minimum atomic E-state index is -1.82. The Morgan fingerprint density at radius 3 is 2.00 bits per heavy atom. The molecule has 0 spiro atoms. The van der Waals surface area contributed by atoms with Crippen LogP contribution in [0.1, 0.15) is 23.1 Å². The van der Waals surface area contributed by atoms with Gasteiger partial charge in [0.15, 0.2) is 0 Å². The predicted molar refractivity (Wildman–Crippen MR) is 164 cm³/mol. The van der Waals surface area contributed by atoms with Crippen LogP contribution in [0, 0.1) is 5.92 Å². The van der Waals surface area contributed by atoms with E-state index in [2.05, 4.69) is 126 Å². The van der Waals surface area contributed by atoms with Crippen LogP contribution in [0.4, 0.5) is 5.69 Å². The van der Waals surface area contributed by atoms with Gasteiger partial charge in [0.1, 0.15) is 0 Å². The predicted octanol–water partition coefficient (Wildman–Crippen LogP) is 6.25. The van der Waals surface area contributed by atoms with Crippen LogP contribution in [-0.2, 0) is 29.0 Å². The first-order valence-corrected chi connectivity index (χ1v) is 14.0. The van der Waals surface area contributed by atoms with E-state index in [1.165, 1.54) is 46.3 Å². The monoisotopic (exact) mass is 550 g/mol. The van der Waals surface area contributed by atoms with E-state index in [0.29, 0.717) is 5.92 Å². The molecule has 1 atom stereocenters. The number of hydrogen-bond acceptors (Lipinski definition) is 4. The SMILES string of the molecule is CN(Cc1ccccc1)CC1Cc2ccccc2N(CCCc2ccc(-c3ccccc3)cc2)C1.O=C(O)C(=O)O. The average Bonchev–Trinajstić information content (AvgIpc) is 2.98. The van der Waals surface area contributed by atoms with Gasteiger partial charge in [-0.1, -0.05) is 103 Å². The van der Waals surface area contributed by atoms with E-state index in [1.54, 1.807) is 0 Å². The van der Waals surface area contributed by atoms with Gasteiger partial charge in [0.2, 0.25) is 0 Å². The number of para-hydroxylation sites is 1. The maximum atomic E-state index is 9.10. The lowest BCUT2D eigenvalue weighted by Crippen LogP contribution is -2.40. The minimum Gasteiger partial charge on any atom is -0.473 e. The number of benzene rings is 4. The van der Waals surface area contributed by atoms with Gasteiger partial charge in [0.05, 0.1) is 0 Å². The van der Waals surface area contributed by atoms with Crippen LogP contribution in [0.25, 0.3) is 11.1 Å². The van der Waals surface area contributed by atoms with Gasteiger partial charge >= 0.3 is 11.9 Å². The molecule has 6 heteroatoms. The Kier molecular flexibility index (Phi) is 10.7. The van der Waals surface area contributed by atoms with Crippen LogP contribution < -0.4 is 4.90 Å². The van der Waals surface area contributed by atoms with Crippen molar-refractivity contribution in [3.8, 4) is 11.1 Å². The van der Waals surface area contributed by atoms with E-state index in [1.807, 2.05) is 0 Å². The number of aryl methyl sites for hydroxylation is 1. The molecule has 41 heavy (non-hydrogen) atoms. The Labute approximate surface area is 242 Å². The van der Waals surface area contributed by atoms with E-state index < -0.39 is 11.9 Å². The molecule has 0 saturated heterocycles. The van der Waals surface area contributed by atoms with Crippen LogP contribution in [-0.4, -0.2) is 53.7 Å². The van der Waals surface area contributed by atoms with Gasteiger partial charge < -0.3 is 20.0 Å². The summed E-state index contributed by atoms with van der Waals surface area (Å²) in [6.45, 7) is 4.39. The second kappa shape index (κ2) is 14.8. The lowest BCUT2D eigenvalue weighted by Gasteiger charge is -2.38. The summed E-state index contributed by atoms with van der Waals surface area (Å²) >= 11 is 0. The summed E-state index contributed by atoms with van der Waals surface area (Å²) in [5, 5.41) is 14.8. The first-order chi connectivity index (χ1) is 19.9. The molecule has 0 bridgehead atoms. The fourth-order valence-electron chi connectivity index (χ4n) is 5.48. The second-order valence-corrected chi connectivity index (χ2v) is 10.6. The quantitative estimate of drug-likeness (QED) is 0.240. The van der Waals surface area contributed by atoms with Crippen LogP contribution in [0.3, 0.4) is 0 Å². The molecule has 4 aromatic carbocycles.